The maximum atomic E-state index is 10.8. The van der Waals surface area contributed by atoms with Crippen LogP contribution < -0.4 is 4.74 Å². The Bertz CT molecular complexity index is 470. The Hall–Kier alpha value is -2.37. The van der Waals surface area contributed by atoms with Crippen LogP contribution in [-0.2, 0) is 4.79 Å². The zero-order valence-corrected chi connectivity index (χ0v) is 8.93. The molecule has 0 aliphatic heterocycles. The highest BCUT2D eigenvalue weighted by Crippen LogP contribution is 2.18. The first kappa shape index (κ1) is 11.1. The number of benzene rings is 1. The summed E-state index contributed by atoms with van der Waals surface area (Å²) in [5.74, 6) is -0.365. The number of carboxylic acid groups (broad SMARTS) is 1. The van der Waals surface area contributed by atoms with Gasteiger partial charge in [-0.3, -0.25) is 4.79 Å². The molecule has 6 heteroatoms. The molecular weight excluding hydrogens is 222 g/mol. The molecule has 0 fully saturated rings. The molecule has 2 aromatic rings. The molecule has 1 N–H and O–H groups in total. The SMILES string of the molecule is O=C(O)CC(Oc1ccccc1)n1cncn1. The lowest BCUT2D eigenvalue weighted by atomic mass is 10.3. The van der Waals surface area contributed by atoms with Gasteiger partial charge in [-0.2, -0.15) is 5.10 Å². The highest BCUT2D eigenvalue weighted by atomic mass is 16.5. The van der Waals surface area contributed by atoms with Crippen LogP contribution in [0.4, 0.5) is 0 Å². The average molecular weight is 233 g/mol. The Morgan fingerprint density at radius 3 is 2.76 bits per heavy atom. The van der Waals surface area contributed by atoms with Crippen molar-refractivity contribution >= 4 is 5.97 Å². The Kier molecular flexibility index (Phi) is 3.34. The van der Waals surface area contributed by atoms with Crippen LogP contribution in [0.25, 0.3) is 0 Å². The molecule has 17 heavy (non-hydrogen) atoms. The van der Waals surface area contributed by atoms with Crippen molar-refractivity contribution in [3.63, 3.8) is 0 Å². The summed E-state index contributed by atoms with van der Waals surface area (Å²) >= 11 is 0. The number of carbonyl (C=O) groups is 1. The molecule has 88 valence electrons. The van der Waals surface area contributed by atoms with Crippen molar-refractivity contribution in [2.24, 2.45) is 0 Å². The number of ether oxygens (including phenoxy) is 1. The summed E-state index contributed by atoms with van der Waals surface area (Å²) in [6.45, 7) is 0. The fraction of sp³-hybridized carbons (Fsp3) is 0.182. The van der Waals surface area contributed by atoms with Crippen molar-refractivity contribution in [3.8, 4) is 5.75 Å². The van der Waals surface area contributed by atoms with Gasteiger partial charge in [-0.1, -0.05) is 18.2 Å². The Balaban J connectivity index is 2.14. The Morgan fingerprint density at radius 1 is 1.41 bits per heavy atom. The number of aromatic nitrogens is 3. The molecule has 1 unspecified atom stereocenters. The van der Waals surface area contributed by atoms with Crippen LogP contribution in [-0.4, -0.2) is 25.8 Å². The zero-order valence-electron chi connectivity index (χ0n) is 8.93. The lowest BCUT2D eigenvalue weighted by Crippen LogP contribution is -2.20. The molecule has 0 aliphatic carbocycles. The fourth-order valence-corrected chi connectivity index (χ4v) is 1.36. The molecule has 0 radical (unpaired) electrons. The molecule has 1 aromatic carbocycles. The van der Waals surface area contributed by atoms with E-state index in [1.165, 1.54) is 17.3 Å². The van der Waals surface area contributed by atoms with E-state index in [0.29, 0.717) is 5.75 Å². The van der Waals surface area contributed by atoms with Gasteiger partial charge in [0.2, 0.25) is 6.23 Å². The van der Waals surface area contributed by atoms with Gasteiger partial charge >= 0.3 is 5.97 Å². The van der Waals surface area contributed by atoms with E-state index < -0.39 is 12.2 Å². The van der Waals surface area contributed by atoms with Crippen LogP contribution in [0.2, 0.25) is 0 Å². The third kappa shape index (κ3) is 3.04. The summed E-state index contributed by atoms with van der Waals surface area (Å²) in [5.41, 5.74) is 0. The zero-order chi connectivity index (χ0) is 12.1. The van der Waals surface area contributed by atoms with Gasteiger partial charge in [-0.05, 0) is 12.1 Å². The maximum Gasteiger partial charge on any atom is 0.309 e. The van der Waals surface area contributed by atoms with E-state index in [9.17, 15) is 4.79 Å². The van der Waals surface area contributed by atoms with Crippen LogP contribution in [0, 0.1) is 0 Å². The van der Waals surface area contributed by atoms with Crippen LogP contribution >= 0.6 is 0 Å². The van der Waals surface area contributed by atoms with Gasteiger partial charge in [0.25, 0.3) is 0 Å². The fourth-order valence-electron chi connectivity index (χ4n) is 1.36. The van der Waals surface area contributed by atoms with E-state index >= 15 is 0 Å². The lowest BCUT2D eigenvalue weighted by molar-refractivity contribution is -0.140. The summed E-state index contributed by atoms with van der Waals surface area (Å²) < 4.78 is 6.93. The second-order valence-electron chi connectivity index (χ2n) is 3.36. The molecule has 0 aliphatic rings. The predicted octanol–water partition coefficient (Wildman–Crippen LogP) is 1.33. The van der Waals surface area contributed by atoms with E-state index in [2.05, 4.69) is 10.1 Å². The number of para-hydroxylation sites is 1. The first-order valence-electron chi connectivity index (χ1n) is 5.03. The van der Waals surface area contributed by atoms with Crippen LogP contribution in [0.3, 0.4) is 0 Å². The van der Waals surface area contributed by atoms with Crippen molar-refractivity contribution < 1.29 is 14.6 Å². The van der Waals surface area contributed by atoms with Gasteiger partial charge in [-0.15, -0.1) is 0 Å². The molecule has 1 aromatic heterocycles. The quantitative estimate of drug-likeness (QED) is 0.842. The summed E-state index contributed by atoms with van der Waals surface area (Å²) in [7, 11) is 0. The third-order valence-electron chi connectivity index (χ3n) is 2.10. The molecule has 6 nitrogen and oxygen atoms in total. The summed E-state index contributed by atoms with van der Waals surface area (Å²) in [5, 5.41) is 12.7. The normalized spacial score (nSPS) is 12.0. The monoisotopic (exact) mass is 233 g/mol. The highest BCUT2D eigenvalue weighted by Gasteiger charge is 2.17. The minimum atomic E-state index is -0.957. The van der Waals surface area contributed by atoms with Crippen molar-refractivity contribution in [3.05, 3.63) is 43.0 Å². The van der Waals surface area contributed by atoms with Gasteiger partial charge < -0.3 is 9.84 Å². The molecule has 0 amide bonds. The number of aliphatic carboxylic acids is 1. The Labute approximate surface area is 97.5 Å². The van der Waals surface area contributed by atoms with Gasteiger partial charge in [-0.25, -0.2) is 9.67 Å². The molecule has 0 spiro atoms. The largest absolute Gasteiger partial charge is 0.481 e. The van der Waals surface area contributed by atoms with E-state index in [4.69, 9.17) is 9.84 Å². The average Bonchev–Trinajstić information content (AvgIpc) is 2.82. The molecular formula is C11H11N3O3. The molecule has 0 saturated heterocycles. The lowest BCUT2D eigenvalue weighted by Gasteiger charge is -2.17. The van der Waals surface area contributed by atoms with Crippen LogP contribution in [0.15, 0.2) is 43.0 Å². The maximum absolute atomic E-state index is 10.8. The number of hydrogen-bond donors (Lipinski definition) is 1. The number of rotatable bonds is 5. The van der Waals surface area contributed by atoms with Gasteiger partial charge in [0.1, 0.15) is 24.8 Å². The minimum Gasteiger partial charge on any atom is -0.481 e. The topological polar surface area (TPSA) is 77.2 Å². The third-order valence-corrected chi connectivity index (χ3v) is 2.10. The molecule has 0 bridgehead atoms. The van der Waals surface area contributed by atoms with Crippen molar-refractivity contribution in [1.82, 2.24) is 14.8 Å². The summed E-state index contributed by atoms with van der Waals surface area (Å²) in [6.07, 6.45) is 1.88. The number of hydrogen-bond acceptors (Lipinski definition) is 4. The summed E-state index contributed by atoms with van der Waals surface area (Å²) in [6, 6.07) is 9.00. The molecule has 0 saturated carbocycles. The second-order valence-corrected chi connectivity index (χ2v) is 3.36. The van der Waals surface area contributed by atoms with Crippen LogP contribution in [0.1, 0.15) is 12.6 Å². The van der Waals surface area contributed by atoms with Gasteiger partial charge in [0.05, 0.1) is 0 Å². The highest BCUT2D eigenvalue weighted by molar-refractivity contribution is 5.67. The Morgan fingerprint density at radius 2 is 2.18 bits per heavy atom. The smallest absolute Gasteiger partial charge is 0.309 e. The first-order valence-corrected chi connectivity index (χ1v) is 5.03. The van der Waals surface area contributed by atoms with Gasteiger partial charge in [0, 0.05) is 0 Å². The molecule has 2 rings (SSSR count). The molecule has 1 heterocycles. The minimum absolute atomic E-state index is 0.182. The van der Waals surface area contributed by atoms with E-state index in [0.717, 1.165) is 0 Å². The first-order chi connectivity index (χ1) is 8.25. The van der Waals surface area contributed by atoms with Crippen molar-refractivity contribution in [1.29, 1.82) is 0 Å². The van der Waals surface area contributed by atoms with Crippen molar-refractivity contribution in [2.45, 2.75) is 12.6 Å². The number of nitrogens with zero attached hydrogens (tertiary/aromatic N) is 3. The van der Waals surface area contributed by atoms with E-state index in [1.54, 1.807) is 12.1 Å². The number of carboxylic acids is 1. The van der Waals surface area contributed by atoms with Crippen LogP contribution in [0.5, 0.6) is 5.75 Å². The second kappa shape index (κ2) is 5.11. The van der Waals surface area contributed by atoms with E-state index in [-0.39, 0.29) is 6.42 Å². The summed E-state index contributed by atoms with van der Waals surface area (Å²) in [4.78, 5) is 14.5. The van der Waals surface area contributed by atoms with Gasteiger partial charge in [0.15, 0.2) is 0 Å². The predicted molar refractivity (Wildman–Crippen MR) is 58.4 cm³/mol. The van der Waals surface area contributed by atoms with Crippen molar-refractivity contribution in [2.75, 3.05) is 0 Å². The molecule has 1 atom stereocenters. The van der Waals surface area contributed by atoms with E-state index in [1.807, 2.05) is 18.2 Å². The standard InChI is InChI=1S/C11H11N3O3/c15-11(16)6-10(14-8-12-7-13-14)17-9-4-2-1-3-5-9/h1-5,7-8,10H,6H2,(H,15,16).